The lowest BCUT2D eigenvalue weighted by Gasteiger charge is -2.26. The number of fused-ring (bicyclic) bond motifs is 1. The molecule has 0 aliphatic carbocycles. The van der Waals surface area contributed by atoms with Crippen LogP contribution in [0.5, 0.6) is 5.75 Å². The summed E-state index contributed by atoms with van der Waals surface area (Å²) in [6, 6.07) is 7.67. The van der Waals surface area contributed by atoms with Crippen LogP contribution in [0.1, 0.15) is 31.9 Å². The van der Waals surface area contributed by atoms with Crippen LogP contribution in [0.15, 0.2) is 29.3 Å². The van der Waals surface area contributed by atoms with Crippen LogP contribution >= 0.6 is 0 Å². The molecular weight excluding hydrogens is 330 g/mol. The molecule has 1 aliphatic rings. The number of guanidine groups is 1. The minimum atomic E-state index is -3.49. The van der Waals surface area contributed by atoms with Gasteiger partial charge in [-0.1, -0.05) is 18.2 Å². The normalized spacial score (nSPS) is 18.1. The molecule has 1 atom stereocenters. The van der Waals surface area contributed by atoms with E-state index in [-0.39, 0.29) is 31.1 Å². The molecule has 1 aliphatic heterocycles. The first-order chi connectivity index (χ1) is 11.4. The topological polar surface area (TPSA) is 118 Å². The number of nitrogens with one attached hydrogen (secondary N) is 3. The Labute approximate surface area is 143 Å². The zero-order valence-corrected chi connectivity index (χ0v) is 14.8. The van der Waals surface area contributed by atoms with Gasteiger partial charge in [0.2, 0.25) is 0 Å². The van der Waals surface area contributed by atoms with Crippen LogP contribution in [0.4, 0.5) is 0 Å². The van der Waals surface area contributed by atoms with Crippen molar-refractivity contribution in [2.45, 2.75) is 32.4 Å². The number of aliphatic imine (C=N–C) groups is 1. The van der Waals surface area contributed by atoms with E-state index >= 15 is 0 Å². The van der Waals surface area contributed by atoms with Crippen LogP contribution in [0.25, 0.3) is 0 Å². The molecule has 9 heteroatoms. The first-order valence-corrected chi connectivity index (χ1v) is 9.41. The van der Waals surface area contributed by atoms with Gasteiger partial charge in [-0.15, -0.1) is 0 Å². The van der Waals surface area contributed by atoms with Crippen LogP contribution in [0.2, 0.25) is 0 Å². The van der Waals surface area contributed by atoms with E-state index in [1.807, 2.05) is 24.3 Å². The Morgan fingerprint density at radius 3 is 2.92 bits per heavy atom. The van der Waals surface area contributed by atoms with Gasteiger partial charge in [0.25, 0.3) is 10.2 Å². The van der Waals surface area contributed by atoms with Crippen molar-refractivity contribution in [3.63, 3.8) is 0 Å². The number of nitrogens with zero attached hydrogens (tertiary/aromatic N) is 1. The number of hydrogen-bond acceptors (Lipinski definition) is 4. The second-order valence-electron chi connectivity index (χ2n) is 5.81. The predicted molar refractivity (Wildman–Crippen MR) is 94.1 cm³/mol. The highest BCUT2D eigenvalue weighted by molar-refractivity contribution is 7.87. The largest absolute Gasteiger partial charge is 0.493 e. The first kappa shape index (κ1) is 18.5. The molecule has 0 spiro atoms. The summed E-state index contributed by atoms with van der Waals surface area (Å²) in [6.07, 6.45) is 0.790. The van der Waals surface area contributed by atoms with E-state index in [2.05, 4.69) is 19.8 Å². The Hall–Kier alpha value is -1.84. The third-order valence-electron chi connectivity index (χ3n) is 3.36. The van der Waals surface area contributed by atoms with Crippen molar-refractivity contribution in [2.24, 2.45) is 10.7 Å². The average Bonchev–Trinajstić information content (AvgIpc) is 2.51. The van der Waals surface area contributed by atoms with Gasteiger partial charge >= 0.3 is 0 Å². The molecule has 0 amide bonds. The molecule has 1 aromatic rings. The zero-order chi connectivity index (χ0) is 17.6. The van der Waals surface area contributed by atoms with Crippen LogP contribution < -0.4 is 25.2 Å². The maximum atomic E-state index is 11.6. The second-order valence-corrected chi connectivity index (χ2v) is 7.34. The lowest BCUT2D eigenvalue weighted by atomic mass is 10.0. The van der Waals surface area contributed by atoms with Crippen LogP contribution in [-0.2, 0) is 10.2 Å². The van der Waals surface area contributed by atoms with Crippen molar-refractivity contribution in [1.29, 1.82) is 0 Å². The second kappa shape index (κ2) is 8.32. The van der Waals surface area contributed by atoms with Gasteiger partial charge in [0.1, 0.15) is 5.75 Å². The molecule has 1 aromatic carbocycles. The molecule has 5 N–H and O–H groups in total. The molecule has 134 valence electrons. The highest BCUT2D eigenvalue weighted by Gasteiger charge is 2.21. The minimum Gasteiger partial charge on any atom is -0.493 e. The lowest BCUT2D eigenvalue weighted by Crippen LogP contribution is -2.42. The molecule has 0 fully saturated rings. The Balaban J connectivity index is 1.83. The van der Waals surface area contributed by atoms with Gasteiger partial charge in [0.05, 0.1) is 19.2 Å². The van der Waals surface area contributed by atoms with E-state index in [0.29, 0.717) is 6.61 Å². The van der Waals surface area contributed by atoms with E-state index in [0.717, 1.165) is 17.7 Å². The van der Waals surface area contributed by atoms with Crippen molar-refractivity contribution >= 4 is 16.2 Å². The van der Waals surface area contributed by atoms with Crippen LogP contribution in [-0.4, -0.2) is 40.1 Å². The Bertz CT molecular complexity index is 675. The predicted octanol–water partition coefficient (Wildman–Crippen LogP) is 0.247. The third kappa shape index (κ3) is 5.66. The summed E-state index contributed by atoms with van der Waals surface area (Å²) < 4.78 is 33.7. The average molecular weight is 355 g/mol. The van der Waals surface area contributed by atoms with Crippen molar-refractivity contribution in [3.8, 4) is 5.75 Å². The summed E-state index contributed by atoms with van der Waals surface area (Å²) in [6.45, 7) is 4.55. The summed E-state index contributed by atoms with van der Waals surface area (Å²) in [5, 5.41) is 3.16. The van der Waals surface area contributed by atoms with Crippen molar-refractivity contribution < 1.29 is 13.2 Å². The maximum Gasteiger partial charge on any atom is 0.277 e. The Morgan fingerprint density at radius 2 is 2.17 bits per heavy atom. The van der Waals surface area contributed by atoms with Gasteiger partial charge in [-0.25, -0.2) is 4.72 Å². The molecule has 2 rings (SSSR count). The third-order valence-corrected chi connectivity index (χ3v) is 4.72. The minimum absolute atomic E-state index is 0.0398. The molecule has 0 saturated heterocycles. The maximum absolute atomic E-state index is 11.6. The van der Waals surface area contributed by atoms with Gasteiger partial charge in [-0.05, 0) is 19.9 Å². The van der Waals surface area contributed by atoms with E-state index in [9.17, 15) is 8.42 Å². The zero-order valence-electron chi connectivity index (χ0n) is 14.0. The van der Waals surface area contributed by atoms with Crippen molar-refractivity contribution in [3.05, 3.63) is 29.8 Å². The number of rotatable bonds is 7. The standard InChI is InChI=1S/C15H25N5O3S/c1-11(2)20-24(21,22)18-9-8-17-15(16)19-13-7-10-23-14-6-4-3-5-12(13)14/h3-6,11,13,18,20H,7-10H2,1-2H3,(H3,16,17,19). The molecule has 0 aromatic heterocycles. The summed E-state index contributed by atoms with van der Waals surface area (Å²) in [5.41, 5.74) is 6.94. The molecule has 1 heterocycles. The number of benzene rings is 1. The van der Waals surface area contributed by atoms with Crippen LogP contribution in [0.3, 0.4) is 0 Å². The van der Waals surface area contributed by atoms with Gasteiger partial charge in [0.15, 0.2) is 5.96 Å². The number of nitrogens with two attached hydrogens (primary N) is 1. The highest BCUT2D eigenvalue weighted by atomic mass is 32.2. The van der Waals surface area contributed by atoms with Gasteiger partial charge in [0, 0.05) is 24.6 Å². The molecule has 0 radical (unpaired) electrons. The molecule has 0 saturated carbocycles. The quantitative estimate of drug-likeness (QED) is 0.318. The monoisotopic (exact) mass is 355 g/mol. The molecule has 0 bridgehead atoms. The Kier molecular flexibility index (Phi) is 6.41. The molecule has 1 unspecified atom stereocenters. The summed E-state index contributed by atoms with van der Waals surface area (Å²) in [7, 11) is -3.49. The number of hydrogen-bond donors (Lipinski definition) is 4. The lowest BCUT2D eigenvalue weighted by molar-refractivity contribution is 0.262. The fraction of sp³-hybridized carbons (Fsp3) is 0.533. The Morgan fingerprint density at radius 1 is 1.42 bits per heavy atom. The number of para-hydroxylation sites is 1. The van der Waals surface area contributed by atoms with Gasteiger partial charge in [-0.2, -0.15) is 13.1 Å². The molecule has 24 heavy (non-hydrogen) atoms. The summed E-state index contributed by atoms with van der Waals surface area (Å²) in [5.74, 6) is 1.13. The van der Waals surface area contributed by atoms with Gasteiger partial charge < -0.3 is 15.8 Å². The highest BCUT2D eigenvalue weighted by Crippen LogP contribution is 2.31. The van der Waals surface area contributed by atoms with Gasteiger partial charge in [-0.3, -0.25) is 4.99 Å². The van der Waals surface area contributed by atoms with Crippen LogP contribution in [0, 0.1) is 0 Å². The number of ether oxygens (including phenoxy) is 1. The first-order valence-electron chi connectivity index (χ1n) is 7.92. The van der Waals surface area contributed by atoms with Crippen molar-refractivity contribution in [2.75, 3.05) is 19.7 Å². The summed E-state index contributed by atoms with van der Waals surface area (Å²) >= 11 is 0. The molecular formula is C15H25N5O3S. The molecule has 8 nitrogen and oxygen atoms in total. The van der Waals surface area contributed by atoms with E-state index in [4.69, 9.17) is 10.5 Å². The van der Waals surface area contributed by atoms with E-state index < -0.39 is 10.2 Å². The fourth-order valence-corrected chi connectivity index (χ4v) is 3.49. The van der Waals surface area contributed by atoms with Crippen molar-refractivity contribution in [1.82, 2.24) is 14.8 Å². The van der Waals surface area contributed by atoms with E-state index in [1.165, 1.54) is 0 Å². The van der Waals surface area contributed by atoms with E-state index in [1.54, 1.807) is 13.8 Å². The smallest absolute Gasteiger partial charge is 0.277 e. The summed E-state index contributed by atoms with van der Waals surface area (Å²) in [4.78, 5) is 4.16. The SMILES string of the molecule is CC(C)NS(=O)(=O)NCCN=C(N)NC1CCOc2ccccc21. The fourth-order valence-electron chi connectivity index (χ4n) is 2.42.